The van der Waals surface area contributed by atoms with Gasteiger partial charge in [-0.25, -0.2) is 25.4 Å². The van der Waals surface area contributed by atoms with Gasteiger partial charge in [0.15, 0.2) is 11.5 Å². The van der Waals surface area contributed by atoms with Gasteiger partial charge in [0.1, 0.15) is 17.1 Å². The molecular formula is C29H28FN7O4. The molecule has 0 saturated heterocycles. The van der Waals surface area contributed by atoms with Crippen LogP contribution in [0.2, 0.25) is 0 Å². The highest BCUT2D eigenvalue weighted by Crippen LogP contribution is 2.30. The van der Waals surface area contributed by atoms with Crippen molar-refractivity contribution in [2.75, 3.05) is 19.0 Å². The Balaban J connectivity index is 1.33. The van der Waals surface area contributed by atoms with Gasteiger partial charge in [-0.15, -0.1) is 0 Å². The molecule has 2 N–H and O–H groups in total. The van der Waals surface area contributed by atoms with Crippen LogP contribution in [0.5, 0.6) is 11.6 Å². The fraction of sp³-hybridized carbons (Fsp3) is 0.310. The third kappa shape index (κ3) is 6.24. The van der Waals surface area contributed by atoms with Crippen LogP contribution in [0.25, 0.3) is 21.7 Å². The summed E-state index contributed by atoms with van der Waals surface area (Å²) in [4.78, 5) is 37.4. The Labute approximate surface area is 235 Å². The van der Waals surface area contributed by atoms with Gasteiger partial charge >= 0.3 is 11.4 Å². The lowest BCUT2D eigenvalue weighted by atomic mass is 10.1. The lowest BCUT2D eigenvalue weighted by Gasteiger charge is -2.12. The summed E-state index contributed by atoms with van der Waals surface area (Å²) in [6.07, 6.45) is 5.33. The van der Waals surface area contributed by atoms with Gasteiger partial charge in [0, 0.05) is 37.7 Å². The second-order valence-corrected chi connectivity index (χ2v) is 10.2. The first-order valence-electron chi connectivity index (χ1n) is 13.0. The van der Waals surface area contributed by atoms with E-state index in [1.165, 1.54) is 43.9 Å². The number of carbonyl (C=O) groups excluding carboxylic acids is 2. The molecule has 0 unspecified atom stereocenters. The summed E-state index contributed by atoms with van der Waals surface area (Å²) >= 11 is 0. The zero-order valence-electron chi connectivity index (χ0n) is 22.8. The number of aromatic nitrogens is 4. The number of imidazole rings is 1. The van der Waals surface area contributed by atoms with Crippen molar-refractivity contribution in [3.05, 3.63) is 77.2 Å². The summed E-state index contributed by atoms with van der Waals surface area (Å²) < 4.78 is 26.9. The van der Waals surface area contributed by atoms with E-state index in [1.807, 2.05) is 0 Å². The minimum atomic E-state index is -1.24. The summed E-state index contributed by atoms with van der Waals surface area (Å²) in [5.74, 6) is 0.0317. The van der Waals surface area contributed by atoms with Crippen LogP contribution < -0.4 is 20.1 Å². The van der Waals surface area contributed by atoms with E-state index < -0.39 is 23.2 Å². The van der Waals surface area contributed by atoms with Crippen LogP contribution in [0.15, 0.2) is 48.8 Å². The highest BCUT2D eigenvalue weighted by Gasteiger charge is 2.34. The van der Waals surface area contributed by atoms with E-state index in [0.29, 0.717) is 40.7 Å². The zero-order valence-corrected chi connectivity index (χ0v) is 22.8. The molecule has 0 atom stereocenters. The monoisotopic (exact) mass is 557 g/mol. The third-order valence-corrected chi connectivity index (χ3v) is 6.62. The summed E-state index contributed by atoms with van der Waals surface area (Å²) in [5, 5.41) is 9.89. The van der Waals surface area contributed by atoms with Crippen molar-refractivity contribution in [1.82, 2.24) is 24.9 Å². The average Bonchev–Trinajstić information content (AvgIpc) is 3.72. The number of amides is 2. The summed E-state index contributed by atoms with van der Waals surface area (Å²) in [6.45, 7) is 10.8. The molecule has 210 valence electrons. The van der Waals surface area contributed by atoms with Crippen molar-refractivity contribution in [2.45, 2.75) is 38.8 Å². The molecule has 3 aromatic heterocycles. The number of fused-ring (bicyclic) bond motifs is 1. The topological polar surface area (TPSA) is 124 Å². The number of nitrogens with one attached hydrogen (secondary N) is 2. The van der Waals surface area contributed by atoms with Crippen molar-refractivity contribution in [3.63, 3.8) is 0 Å². The van der Waals surface area contributed by atoms with E-state index in [2.05, 4.69) is 30.5 Å². The lowest BCUT2D eigenvalue weighted by molar-refractivity contribution is -0.118. The largest absolute Gasteiger partial charge is 0.493 e. The molecular weight excluding hydrogens is 529 g/mol. The van der Waals surface area contributed by atoms with Gasteiger partial charge in [0.05, 0.1) is 25.6 Å². The van der Waals surface area contributed by atoms with Crippen LogP contribution in [0.3, 0.4) is 0 Å². The number of anilines is 1. The number of halogens is 1. The quantitative estimate of drug-likeness (QED) is 0.279. The number of pyridine rings is 1. The molecule has 5 rings (SSSR count). The van der Waals surface area contributed by atoms with E-state index in [1.54, 1.807) is 30.3 Å². The first-order valence-corrected chi connectivity index (χ1v) is 13.0. The molecule has 1 fully saturated rings. The SMILES string of the molecule is [C-]#[N+]C(C)(C)C(=O)Nc1cn2nc(-c3cnc(OC)c(C(=O)NCc4cc(OCC5CC5)ccc4F)c3)ccc2n1. The number of carbonyl (C=O) groups is 2. The van der Waals surface area contributed by atoms with E-state index >= 15 is 0 Å². The third-order valence-electron chi connectivity index (χ3n) is 6.62. The highest BCUT2D eigenvalue weighted by molar-refractivity contribution is 5.98. The molecule has 1 saturated carbocycles. The van der Waals surface area contributed by atoms with Gasteiger partial charge in [0.2, 0.25) is 5.88 Å². The first kappa shape index (κ1) is 27.5. The van der Waals surface area contributed by atoms with Crippen molar-refractivity contribution in [1.29, 1.82) is 0 Å². The molecule has 1 aliphatic carbocycles. The van der Waals surface area contributed by atoms with Crippen molar-refractivity contribution in [2.24, 2.45) is 5.92 Å². The highest BCUT2D eigenvalue weighted by atomic mass is 19.1. The van der Waals surface area contributed by atoms with Crippen LogP contribution >= 0.6 is 0 Å². The Bertz CT molecular complexity index is 1670. The Kier molecular flexibility index (Phi) is 7.52. The van der Waals surface area contributed by atoms with E-state index in [9.17, 15) is 14.0 Å². The fourth-order valence-electron chi connectivity index (χ4n) is 3.88. The van der Waals surface area contributed by atoms with Crippen molar-refractivity contribution >= 4 is 23.3 Å². The standard InChI is InChI=1S/C29H28FN7O4/c1-29(2,31-3)28(39)35-24-15-37-25(34-24)10-9-23(36-37)19-12-21(27(40-4)33-14-19)26(38)32-13-18-11-20(7-8-22(18)30)41-16-17-5-6-17/h7-12,14-15,17H,5-6,13,16H2,1-2,4H3,(H,32,38)(H,35,39). The van der Waals surface area contributed by atoms with Crippen LogP contribution in [-0.4, -0.2) is 50.7 Å². The molecule has 1 aromatic carbocycles. The van der Waals surface area contributed by atoms with Crippen molar-refractivity contribution in [3.8, 4) is 22.9 Å². The Morgan fingerprint density at radius 3 is 2.76 bits per heavy atom. The Hall–Kier alpha value is -5.05. The molecule has 41 heavy (non-hydrogen) atoms. The van der Waals surface area contributed by atoms with Crippen molar-refractivity contribution < 1.29 is 23.5 Å². The van der Waals surface area contributed by atoms with Crippen LogP contribution in [0, 0.1) is 18.3 Å². The van der Waals surface area contributed by atoms with E-state index in [0.717, 1.165) is 12.8 Å². The molecule has 0 radical (unpaired) electrons. The van der Waals surface area contributed by atoms with Gasteiger partial charge in [-0.3, -0.25) is 9.59 Å². The predicted octanol–water partition coefficient (Wildman–Crippen LogP) is 4.29. The maximum Gasteiger partial charge on any atom is 0.311 e. The molecule has 0 spiro atoms. The Morgan fingerprint density at radius 1 is 1.22 bits per heavy atom. The molecule has 1 aliphatic rings. The van der Waals surface area contributed by atoms with Gasteiger partial charge in [0.25, 0.3) is 5.91 Å². The second kappa shape index (κ2) is 11.2. The lowest BCUT2D eigenvalue weighted by Crippen LogP contribution is -2.33. The molecule has 11 nitrogen and oxygen atoms in total. The maximum atomic E-state index is 14.4. The minimum absolute atomic E-state index is 0.0588. The number of ether oxygens (including phenoxy) is 2. The zero-order chi connectivity index (χ0) is 29.1. The maximum absolute atomic E-state index is 14.4. The van der Waals surface area contributed by atoms with E-state index in [4.69, 9.17) is 16.0 Å². The van der Waals surface area contributed by atoms with Gasteiger partial charge in [-0.1, -0.05) is 0 Å². The molecule has 4 aromatic rings. The number of hydrogen-bond acceptors (Lipinski definition) is 7. The number of nitrogens with zero attached hydrogens (tertiary/aromatic N) is 5. The predicted molar refractivity (Wildman–Crippen MR) is 148 cm³/mol. The summed E-state index contributed by atoms with van der Waals surface area (Å²) in [5.41, 5.74) is 0.670. The minimum Gasteiger partial charge on any atom is -0.493 e. The average molecular weight is 558 g/mol. The Morgan fingerprint density at radius 2 is 2.02 bits per heavy atom. The van der Waals surface area contributed by atoms with Crippen LogP contribution in [0.4, 0.5) is 10.2 Å². The molecule has 0 aliphatic heterocycles. The van der Waals surface area contributed by atoms with Gasteiger partial charge in [-0.2, -0.15) is 5.10 Å². The number of benzene rings is 1. The second-order valence-electron chi connectivity index (χ2n) is 10.2. The normalized spacial score (nSPS) is 13.0. The molecule has 2 amide bonds. The first-order chi connectivity index (χ1) is 19.7. The van der Waals surface area contributed by atoms with Crippen LogP contribution in [0.1, 0.15) is 42.6 Å². The molecule has 0 bridgehead atoms. The smallest absolute Gasteiger partial charge is 0.311 e. The number of rotatable bonds is 10. The summed E-state index contributed by atoms with van der Waals surface area (Å²) in [6, 6.07) is 9.47. The van der Waals surface area contributed by atoms with Crippen LogP contribution in [-0.2, 0) is 11.3 Å². The summed E-state index contributed by atoms with van der Waals surface area (Å²) in [7, 11) is 1.40. The number of methoxy groups -OCH3 is 1. The molecule has 3 heterocycles. The van der Waals surface area contributed by atoms with Gasteiger partial charge in [-0.05, 0) is 55.2 Å². The number of hydrogen-bond donors (Lipinski definition) is 2. The molecule has 12 heteroatoms. The fourth-order valence-corrected chi connectivity index (χ4v) is 3.88. The van der Waals surface area contributed by atoms with E-state index in [-0.39, 0.29) is 23.8 Å². The van der Waals surface area contributed by atoms with Gasteiger partial charge < -0.3 is 25.0 Å².